The maximum atomic E-state index is 12.5. The number of hydrogen-bond donors (Lipinski definition) is 2. The van der Waals surface area contributed by atoms with Crippen LogP contribution < -0.4 is 23.1 Å². The molecule has 0 heterocycles. The van der Waals surface area contributed by atoms with E-state index in [0.717, 1.165) is 0 Å². The van der Waals surface area contributed by atoms with Gasteiger partial charge in [-0.3, -0.25) is 5.73 Å². The average molecular weight is 189 g/mol. The summed E-state index contributed by atoms with van der Waals surface area (Å²) in [7, 11) is 0. The Labute approximate surface area is 76.7 Å². The normalized spacial score (nSPS) is 10.7. The second kappa shape index (κ2) is 4.72. The summed E-state index contributed by atoms with van der Waals surface area (Å²) >= 11 is 0. The number of rotatable bonds is 1. The quantitative estimate of drug-likeness (QED) is 0.356. The second-order valence-electron chi connectivity index (χ2n) is 2.32. The third kappa shape index (κ3) is 3.34. The summed E-state index contributed by atoms with van der Waals surface area (Å²) < 4.78 is 12.5. The van der Waals surface area contributed by atoms with Crippen molar-refractivity contribution in [1.82, 2.24) is 0 Å². The zero-order chi connectivity index (χ0) is 8.27. The van der Waals surface area contributed by atoms with Crippen LogP contribution in [0.25, 0.3) is 0 Å². The highest BCUT2D eigenvalue weighted by atomic mass is 35.5. The van der Waals surface area contributed by atoms with E-state index in [2.05, 4.69) is 4.99 Å². The van der Waals surface area contributed by atoms with Crippen molar-refractivity contribution in [3.63, 3.8) is 0 Å². The highest BCUT2D eigenvalue weighted by molar-refractivity contribution is 5.72. The predicted molar refractivity (Wildman–Crippen MR) is 41.9 cm³/mol. The molecule has 0 radical (unpaired) electrons. The summed E-state index contributed by atoms with van der Waals surface area (Å²) in [6, 6.07) is 6.15. The molecule has 0 aromatic heterocycles. The van der Waals surface area contributed by atoms with Crippen molar-refractivity contribution in [3.8, 4) is 0 Å². The van der Waals surface area contributed by atoms with Crippen molar-refractivity contribution in [3.05, 3.63) is 30.1 Å². The van der Waals surface area contributed by atoms with Crippen LogP contribution >= 0.6 is 0 Å². The van der Waals surface area contributed by atoms with Gasteiger partial charge in [0.05, 0.1) is 0 Å². The molecule has 1 rings (SSSR count). The molecule has 0 fully saturated rings. The molecular weight excluding hydrogens is 179 g/mol. The summed E-state index contributed by atoms with van der Waals surface area (Å²) in [5, 5.41) is 0. The van der Waals surface area contributed by atoms with Gasteiger partial charge in [0.2, 0.25) is 5.84 Å². The maximum absolute atomic E-state index is 12.5. The zero-order valence-electron chi connectivity index (χ0n) is 6.64. The van der Waals surface area contributed by atoms with Crippen LogP contribution in [0.3, 0.4) is 0 Å². The molecule has 1 aromatic carbocycles. The third-order valence-corrected chi connectivity index (χ3v) is 1.17. The van der Waals surface area contributed by atoms with Gasteiger partial charge < -0.3 is 12.4 Å². The van der Waals surface area contributed by atoms with Crippen molar-refractivity contribution in [2.75, 3.05) is 0 Å². The topological polar surface area (TPSA) is 40.0 Å². The minimum atomic E-state index is -0.267. The average Bonchev–Trinajstić information content (AvgIpc) is 1.85. The Bertz CT molecular complexity index is 282. The molecule has 0 atom stereocenters. The first-order chi connectivity index (χ1) is 5.18. The van der Waals surface area contributed by atoms with E-state index in [0.29, 0.717) is 11.5 Å². The van der Waals surface area contributed by atoms with Crippen LogP contribution in [0.15, 0.2) is 24.3 Å². The van der Waals surface area contributed by atoms with Gasteiger partial charge in [0.15, 0.2) is 0 Å². The highest BCUT2D eigenvalue weighted by Gasteiger charge is 1.94. The number of benzene rings is 1. The molecule has 2 nitrogen and oxygen atoms in total. The Morgan fingerprint density at radius 2 is 2.17 bits per heavy atom. The van der Waals surface area contributed by atoms with Gasteiger partial charge >= 0.3 is 0 Å². The first-order valence-electron chi connectivity index (χ1n) is 3.30. The van der Waals surface area contributed by atoms with Crippen LogP contribution in [-0.4, -0.2) is 5.84 Å². The SMILES string of the molecule is CC(N)=[NH+]c1cccc(F)c1.[Cl-]. The van der Waals surface area contributed by atoms with E-state index in [4.69, 9.17) is 5.73 Å². The first kappa shape index (κ1) is 10.9. The molecule has 0 bridgehead atoms. The second-order valence-corrected chi connectivity index (χ2v) is 2.32. The molecule has 0 spiro atoms. The van der Waals surface area contributed by atoms with Crippen LogP contribution in [0, 0.1) is 5.82 Å². The van der Waals surface area contributed by atoms with E-state index in [9.17, 15) is 4.39 Å². The van der Waals surface area contributed by atoms with Gasteiger partial charge in [-0.15, -0.1) is 0 Å². The Morgan fingerprint density at radius 1 is 1.50 bits per heavy atom. The van der Waals surface area contributed by atoms with Crippen LogP contribution in [0.4, 0.5) is 10.1 Å². The van der Waals surface area contributed by atoms with E-state index < -0.39 is 0 Å². The van der Waals surface area contributed by atoms with E-state index in [1.807, 2.05) is 0 Å². The summed E-state index contributed by atoms with van der Waals surface area (Å²) in [5.41, 5.74) is 6.03. The van der Waals surface area contributed by atoms with Crippen LogP contribution in [0.5, 0.6) is 0 Å². The minimum absolute atomic E-state index is 0. The van der Waals surface area contributed by atoms with Gasteiger partial charge in [0, 0.05) is 13.0 Å². The van der Waals surface area contributed by atoms with E-state index in [1.165, 1.54) is 12.1 Å². The highest BCUT2D eigenvalue weighted by Crippen LogP contribution is 2.01. The molecule has 3 N–H and O–H groups in total. The predicted octanol–water partition coefficient (Wildman–Crippen LogP) is -3.08. The fourth-order valence-corrected chi connectivity index (χ4v) is 0.794. The van der Waals surface area contributed by atoms with Crippen molar-refractivity contribution in [2.24, 2.45) is 5.73 Å². The fourth-order valence-electron chi connectivity index (χ4n) is 0.794. The molecule has 0 unspecified atom stereocenters. The van der Waals surface area contributed by atoms with E-state index in [-0.39, 0.29) is 18.2 Å². The third-order valence-electron chi connectivity index (χ3n) is 1.17. The lowest BCUT2D eigenvalue weighted by Gasteiger charge is -1.90. The molecular formula is C8H10ClFN2. The fraction of sp³-hybridized carbons (Fsp3) is 0.125. The molecule has 4 heteroatoms. The molecule has 0 amide bonds. The van der Waals surface area contributed by atoms with E-state index >= 15 is 0 Å². The van der Waals surface area contributed by atoms with Gasteiger partial charge in [0.1, 0.15) is 11.5 Å². The maximum Gasteiger partial charge on any atom is 0.242 e. The number of amidine groups is 1. The smallest absolute Gasteiger partial charge is 0.242 e. The van der Waals surface area contributed by atoms with Crippen molar-refractivity contribution in [1.29, 1.82) is 0 Å². The lowest BCUT2D eigenvalue weighted by atomic mass is 10.3. The molecule has 1 aromatic rings. The summed E-state index contributed by atoms with van der Waals surface area (Å²) in [5.74, 6) is 0.284. The molecule has 0 saturated carbocycles. The largest absolute Gasteiger partial charge is 1.00 e. The van der Waals surface area contributed by atoms with Crippen LogP contribution in [0.2, 0.25) is 0 Å². The van der Waals surface area contributed by atoms with Gasteiger partial charge in [-0.05, 0) is 12.1 Å². The number of halogens is 2. The zero-order valence-corrected chi connectivity index (χ0v) is 7.40. The number of nitrogens with two attached hydrogens (primary N) is 1. The van der Waals surface area contributed by atoms with Gasteiger partial charge in [-0.2, -0.15) is 0 Å². The van der Waals surface area contributed by atoms with Gasteiger partial charge in [0.25, 0.3) is 0 Å². The summed E-state index contributed by atoms with van der Waals surface area (Å²) in [6.07, 6.45) is 0. The molecule has 66 valence electrons. The molecule has 0 aliphatic heterocycles. The van der Waals surface area contributed by atoms with Crippen molar-refractivity contribution < 1.29 is 21.8 Å². The lowest BCUT2D eigenvalue weighted by Crippen LogP contribution is -3.00. The Morgan fingerprint density at radius 3 is 2.67 bits per heavy atom. The number of hydrogen-bond acceptors (Lipinski definition) is 0. The molecule has 0 aliphatic rings. The van der Waals surface area contributed by atoms with Crippen LogP contribution in [0.1, 0.15) is 6.92 Å². The Balaban J connectivity index is 0.00000121. The Hall–Kier alpha value is -1.09. The van der Waals surface area contributed by atoms with Crippen LogP contribution in [-0.2, 0) is 0 Å². The lowest BCUT2D eigenvalue weighted by molar-refractivity contribution is -0.355. The molecule has 0 saturated heterocycles. The summed E-state index contributed by atoms with van der Waals surface area (Å²) in [4.78, 5) is 2.80. The van der Waals surface area contributed by atoms with E-state index in [1.54, 1.807) is 19.1 Å². The monoisotopic (exact) mass is 188 g/mol. The molecule has 12 heavy (non-hydrogen) atoms. The van der Waals surface area contributed by atoms with Crippen molar-refractivity contribution in [2.45, 2.75) is 6.92 Å². The standard InChI is InChI=1S/C8H9FN2.ClH/c1-6(10)11-8-4-2-3-7(9)5-8;/h2-5H,1H3,(H2,10,11);1H. The molecule has 0 aliphatic carbocycles. The first-order valence-corrected chi connectivity index (χ1v) is 3.30. The van der Waals surface area contributed by atoms with Gasteiger partial charge in [-0.1, -0.05) is 6.07 Å². The van der Waals surface area contributed by atoms with Crippen molar-refractivity contribution >= 4 is 11.5 Å². The Kier molecular flexibility index (Phi) is 4.29. The minimum Gasteiger partial charge on any atom is -1.00 e. The number of nitrogens with one attached hydrogen (secondary N) is 1. The summed E-state index contributed by atoms with van der Waals surface area (Å²) in [6.45, 7) is 1.71. The van der Waals surface area contributed by atoms with Gasteiger partial charge in [-0.25, -0.2) is 9.38 Å².